The number of rotatable bonds is 6. The van der Waals surface area contributed by atoms with Crippen molar-refractivity contribution in [1.29, 1.82) is 0 Å². The summed E-state index contributed by atoms with van der Waals surface area (Å²) in [6.45, 7) is 4.43. The van der Waals surface area contributed by atoms with E-state index in [0.29, 0.717) is 5.92 Å². The molecule has 1 aromatic rings. The van der Waals surface area contributed by atoms with Crippen LogP contribution in [0.25, 0.3) is 0 Å². The van der Waals surface area contributed by atoms with Crippen molar-refractivity contribution in [2.24, 2.45) is 5.92 Å². The van der Waals surface area contributed by atoms with Crippen LogP contribution in [-0.4, -0.2) is 0 Å². The van der Waals surface area contributed by atoms with Crippen LogP contribution in [0.2, 0.25) is 4.34 Å². The van der Waals surface area contributed by atoms with Crippen LogP contribution < -0.4 is 0 Å². The van der Waals surface area contributed by atoms with Crippen LogP contribution in [0.5, 0.6) is 0 Å². The maximum Gasteiger partial charge on any atom is 0.107 e. The van der Waals surface area contributed by atoms with Gasteiger partial charge in [0.15, 0.2) is 0 Å². The molecule has 0 saturated carbocycles. The molecule has 1 heterocycles. The Kier molecular flexibility index (Phi) is 6.72. The van der Waals surface area contributed by atoms with Crippen LogP contribution in [0, 0.1) is 5.92 Å². The van der Waals surface area contributed by atoms with Crippen LogP contribution in [0.4, 0.5) is 0 Å². The molecule has 16 heavy (non-hydrogen) atoms. The second-order valence-corrected chi connectivity index (χ2v) is 6.99. The Labute approximate surface area is 120 Å². The summed E-state index contributed by atoms with van der Waals surface area (Å²) < 4.78 is 1.76. The van der Waals surface area contributed by atoms with Gasteiger partial charge in [0.2, 0.25) is 0 Å². The first-order valence-corrected chi connectivity index (χ1v) is 8.11. The molecule has 0 bridgehead atoms. The molecule has 0 aromatic carbocycles. The number of halogens is 3. The van der Waals surface area contributed by atoms with Gasteiger partial charge in [0.05, 0.1) is 5.38 Å². The fourth-order valence-corrected chi connectivity index (χ4v) is 4.06. The molecule has 0 N–H and O–H groups in total. The van der Waals surface area contributed by atoms with Gasteiger partial charge in [-0.05, 0) is 34.3 Å². The van der Waals surface area contributed by atoms with E-state index in [0.717, 1.165) is 15.2 Å². The Bertz CT molecular complexity index is 305. The highest BCUT2D eigenvalue weighted by molar-refractivity contribution is 9.10. The van der Waals surface area contributed by atoms with Crippen LogP contribution in [0.3, 0.4) is 0 Å². The largest absolute Gasteiger partial charge is 0.126 e. The van der Waals surface area contributed by atoms with Gasteiger partial charge in [-0.25, -0.2) is 0 Å². The van der Waals surface area contributed by atoms with E-state index in [1.54, 1.807) is 11.3 Å². The van der Waals surface area contributed by atoms with E-state index in [1.807, 2.05) is 0 Å². The zero-order valence-corrected chi connectivity index (χ0v) is 13.5. The molecule has 4 heteroatoms. The summed E-state index contributed by atoms with van der Waals surface area (Å²) in [6, 6.07) is 2.05. The number of hydrogen-bond acceptors (Lipinski definition) is 1. The standard InChI is InChI=1S/C12H17BrCl2S/c1-3-5-6-8(4-2)11(14)10-7-9(13)12(15)16-10/h7-8,11H,3-6H2,1-2H3. The monoisotopic (exact) mass is 342 g/mol. The maximum atomic E-state index is 6.52. The van der Waals surface area contributed by atoms with Crippen molar-refractivity contribution in [2.75, 3.05) is 0 Å². The Morgan fingerprint density at radius 1 is 1.44 bits per heavy atom. The van der Waals surface area contributed by atoms with Crippen LogP contribution in [0.15, 0.2) is 10.5 Å². The molecule has 0 saturated heterocycles. The first-order valence-electron chi connectivity index (χ1n) is 5.68. The molecule has 92 valence electrons. The van der Waals surface area contributed by atoms with Gasteiger partial charge >= 0.3 is 0 Å². The molecule has 0 aliphatic carbocycles. The van der Waals surface area contributed by atoms with Gasteiger partial charge in [-0.3, -0.25) is 0 Å². The van der Waals surface area contributed by atoms with Gasteiger partial charge < -0.3 is 0 Å². The van der Waals surface area contributed by atoms with E-state index in [-0.39, 0.29) is 5.38 Å². The Morgan fingerprint density at radius 2 is 2.12 bits per heavy atom. The van der Waals surface area contributed by atoms with Crippen LogP contribution in [-0.2, 0) is 0 Å². The summed E-state index contributed by atoms with van der Waals surface area (Å²) >= 11 is 17.6. The van der Waals surface area contributed by atoms with Crippen molar-refractivity contribution < 1.29 is 0 Å². The third-order valence-corrected chi connectivity index (χ3v) is 6.08. The second kappa shape index (κ2) is 7.25. The minimum Gasteiger partial charge on any atom is -0.126 e. The minimum atomic E-state index is 0.102. The Balaban J connectivity index is 2.70. The summed E-state index contributed by atoms with van der Waals surface area (Å²) in [5.41, 5.74) is 0. The predicted octanol–water partition coefficient (Wildman–Crippen LogP) is 6.66. The van der Waals surface area contributed by atoms with Crippen molar-refractivity contribution in [1.82, 2.24) is 0 Å². The molecule has 2 atom stereocenters. The summed E-state index contributed by atoms with van der Waals surface area (Å²) in [6.07, 6.45) is 4.81. The first kappa shape index (κ1) is 14.8. The second-order valence-electron chi connectivity index (χ2n) is 3.98. The number of hydrogen-bond donors (Lipinski definition) is 0. The van der Waals surface area contributed by atoms with Crippen LogP contribution in [0.1, 0.15) is 49.8 Å². The zero-order valence-electron chi connectivity index (χ0n) is 9.60. The molecule has 1 rings (SSSR count). The molecule has 0 aliphatic rings. The van der Waals surface area contributed by atoms with Gasteiger partial charge in [0, 0.05) is 9.35 Å². The fraction of sp³-hybridized carbons (Fsp3) is 0.667. The van der Waals surface area contributed by atoms with E-state index in [4.69, 9.17) is 23.2 Å². The lowest BCUT2D eigenvalue weighted by atomic mass is 9.95. The molecular weight excluding hydrogens is 327 g/mol. The maximum absolute atomic E-state index is 6.52. The zero-order chi connectivity index (χ0) is 12.1. The molecule has 0 spiro atoms. The fourth-order valence-electron chi connectivity index (χ4n) is 1.76. The van der Waals surface area contributed by atoms with Crippen molar-refractivity contribution in [3.05, 3.63) is 19.8 Å². The molecule has 0 amide bonds. The van der Waals surface area contributed by atoms with Gasteiger partial charge in [0.1, 0.15) is 4.34 Å². The molecule has 1 aromatic heterocycles. The highest BCUT2D eigenvalue weighted by Crippen LogP contribution is 2.42. The third kappa shape index (κ3) is 3.90. The van der Waals surface area contributed by atoms with Gasteiger partial charge in [-0.2, -0.15) is 0 Å². The lowest BCUT2D eigenvalue weighted by Gasteiger charge is -2.19. The lowest BCUT2D eigenvalue weighted by molar-refractivity contribution is 0.440. The van der Waals surface area contributed by atoms with Gasteiger partial charge in [-0.15, -0.1) is 22.9 Å². The number of unbranched alkanes of at least 4 members (excludes halogenated alkanes) is 1. The summed E-state index contributed by atoms with van der Waals surface area (Å²) in [5, 5.41) is 0.102. The molecule has 0 radical (unpaired) electrons. The lowest BCUT2D eigenvalue weighted by Crippen LogP contribution is -2.05. The minimum absolute atomic E-state index is 0.102. The van der Waals surface area contributed by atoms with Crippen molar-refractivity contribution in [3.63, 3.8) is 0 Å². The summed E-state index contributed by atoms with van der Waals surface area (Å²) in [4.78, 5) is 1.18. The topological polar surface area (TPSA) is 0 Å². The van der Waals surface area contributed by atoms with E-state index in [2.05, 4.69) is 35.8 Å². The van der Waals surface area contributed by atoms with Crippen molar-refractivity contribution >= 4 is 50.5 Å². The summed E-state index contributed by atoms with van der Waals surface area (Å²) in [7, 11) is 0. The quantitative estimate of drug-likeness (QED) is 0.506. The molecule has 0 fully saturated rings. The average Bonchev–Trinajstić information content (AvgIpc) is 2.60. The highest BCUT2D eigenvalue weighted by atomic mass is 79.9. The highest BCUT2D eigenvalue weighted by Gasteiger charge is 2.21. The van der Waals surface area contributed by atoms with Gasteiger partial charge in [-0.1, -0.05) is 44.7 Å². The molecule has 2 unspecified atom stereocenters. The molecule has 0 nitrogen and oxygen atoms in total. The molecule has 0 aliphatic heterocycles. The third-order valence-electron chi connectivity index (χ3n) is 2.80. The normalized spacial score (nSPS) is 15.1. The smallest absolute Gasteiger partial charge is 0.107 e. The average molecular weight is 344 g/mol. The van der Waals surface area contributed by atoms with E-state index >= 15 is 0 Å². The van der Waals surface area contributed by atoms with Crippen LogP contribution >= 0.6 is 50.5 Å². The Morgan fingerprint density at radius 3 is 2.56 bits per heavy atom. The van der Waals surface area contributed by atoms with Gasteiger partial charge in [0.25, 0.3) is 0 Å². The SMILES string of the molecule is CCCCC(CC)C(Cl)c1cc(Br)c(Cl)s1. The number of thiophene rings is 1. The molecular formula is C12H17BrCl2S. The Hall–Kier alpha value is 0.760. The van der Waals surface area contributed by atoms with Crippen molar-refractivity contribution in [2.45, 2.75) is 44.9 Å². The van der Waals surface area contributed by atoms with Crippen molar-refractivity contribution in [3.8, 4) is 0 Å². The van der Waals surface area contributed by atoms with E-state index in [1.165, 1.54) is 24.1 Å². The summed E-state index contributed by atoms with van der Waals surface area (Å²) in [5.74, 6) is 0.559. The number of alkyl halides is 1. The van der Waals surface area contributed by atoms with E-state index in [9.17, 15) is 0 Å². The predicted molar refractivity (Wildman–Crippen MR) is 78.9 cm³/mol. The first-order chi connectivity index (χ1) is 7.60. The van der Waals surface area contributed by atoms with E-state index < -0.39 is 0 Å².